The van der Waals surface area contributed by atoms with Gasteiger partial charge in [-0.1, -0.05) is 6.92 Å². The van der Waals surface area contributed by atoms with Gasteiger partial charge >= 0.3 is 6.18 Å². The molecule has 14 heteroatoms. The van der Waals surface area contributed by atoms with E-state index in [9.17, 15) is 31.5 Å². The number of imidazole rings is 1. The minimum Gasteiger partial charge on any atom is -0.349 e. The van der Waals surface area contributed by atoms with E-state index < -0.39 is 48.3 Å². The summed E-state index contributed by atoms with van der Waals surface area (Å²) < 4.78 is 70.2. The van der Waals surface area contributed by atoms with E-state index in [4.69, 9.17) is 4.98 Å². The predicted molar refractivity (Wildman–Crippen MR) is 146 cm³/mol. The van der Waals surface area contributed by atoms with Crippen molar-refractivity contribution < 1.29 is 31.5 Å². The third kappa shape index (κ3) is 7.15. The van der Waals surface area contributed by atoms with Gasteiger partial charge in [0.2, 0.25) is 11.8 Å². The molecule has 3 aromatic heterocycles. The molecular weight excluding hydrogens is 573 g/mol. The van der Waals surface area contributed by atoms with Crippen LogP contribution >= 0.6 is 0 Å². The maximum absolute atomic E-state index is 14.0. The standard InChI is InChI=1S/C29H36F5N7O2/c1-16(2)41-22(8-11-35-41)27(43)39-26(19-6-9-28(30,31)10-7-19)21-15-40-23(37-21)13-20(14-36-40)25(18-4-5-18)38-24(42)12-17(3)29(32,33)34/h8,11,13-19,25-26H,4-7,9-10,12H2,1-3H3,(H,38,42)(H,39,43)/t17?,25-,26+/m1/s1. The molecule has 2 aliphatic rings. The molecule has 3 aromatic rings. The van der Waals surface area contributed by atoms with Crippen LogP contribution in [0.25, 0.3) is 5.65 Å². The predicted octanol–water partition coefficient (Wildman–Crippen LogP) is 5.96. The second-order valence-electron chi connectivity index (χ2n) is 12.2. The van der Waals surface area contributed by atoms with Crippen LogP contribution in [-0.2, 0) is 4.79 Å². The van der Waals surface area contributed by atoms with Crippen LogP contribution in [0.5, 0.6) is 0 Å². The first-order chi connectivity index (χ1) is 20.2. The summed E-state index contributed by atoms with van der Waals surface area (Å²) in [6.45, 7) is 4.76. The smallest absolute Gasteiger partial charge is 0.349 e. The van der Waals surface area contributed by atoms with Crippen LogP contribution in [0.4, 0.5) is 22.0 Å². The van der Waals surface area contributed by atoms with Crippen LogP contribution in [-0.4, -0.2) is 48.3 Å². The van der Waals surface area contributed by atoms with Crippen molar-refractivity contribution >= 4 is 17.5 Å². The molecule has 2 saturated carbocycles. The van der Waals surface area contributed by atoms with Crippen molar-refractivity contribution in [2.45, 2.75) is 95.9 Å². The van der Waals surface area contributed by atoms with E-state index in [-0.39, 0.29) is 43.6 Å². The highest BCUT2D eigenvalue weighted by atomic mass is 19.4. The number of halogens is 5. The van der Waals surface area contributed by atoms with Crippen molar-refractivity contribution in [3.8, 4) is 0 Å². The topological polar surface area (TPSA) is 106 Å². The van der Waals surface area contributed by atoms with Crippen LogP contribution in [0, 0.1) is 17.8 Å². The van der Waals surface area contributed by atoms with Crippen molar-refractivity contribution in [3.05, 3.63) is 47.7 Å². The Hall–Kier alpha value is -3.58. The number of nitrogens with zero attached hydrogens (tertiary/aromatic N) is 5. The van der Waals surface area contributed by atoms with Gasteiger partial charge < -0.3 is 10.6 Å². The number of hydrogen-bond acceptors (Lipinski definition) is 5. The summed E-state index contributed by atoms with van der Waals surface area (Å²) in [5, 5.41) is 14.4. The van der Waals surface area contributed by atoms with Gasteiger partial charge in [-0.15, -0.1) is 0 Å². The molecule has 0 bridgehead atoms. The molecule has 5 rings (SSSR count). The first-order valence-corrected chi connectivity index (χ1v) is 14.7. The molecule has 2 amide bonds. The maximum atomic E-state index is 14.0. The van der Waals surface area contributed by atoms with E-state index in [1.54, 1.807) is 29.2 Å². The molecule has 2 fully saturated rings. The summed E-state index contributed by atoms with van der Waals surface area (Å²) in [6.07, 6.45) is 1.02. The zero-order chi connectivity index (χ0) is 31.1. The number of alkyl halides is 5. The van der Waals surface area contributed by atoms with Crippen LogP contribution < -0.4 is 10.6 Å². The van der Waals surface area contributed by atoms with Gasteiger partial charge in [0.25, 0.3) is 5.91 Å². The number of carbonyl (C=O) groups excluding carboxylic acids is 2. The lowest BCUT2D eigenvalue weighted by atomic mass is 9.81. The summed E-state index contributed by atoms with van der Waals surface area (Å²) in [7, 11) is 0. The highest BCUT2D eigenvalue weighted by molar-refractivity contribution is 5.92. The molecular formula is C29H36F5N7O2. The monoisotopic (exact) mass is 609 g/mol. The van der Waals surface area contributed by atoms with Gasteiger partial charge in [-0.05, 0) is 69.1 Å². The third-order valence-corrected chi connectivity index (χ3v) is 8.41. The SMILES string of the molecule is CC(C)n1nccc1C(=O)N[C@H](c1cn2ncc([C@H](NC(=O)CC(C)C(F)(F)F)C3CC3)cc2n1)C1CCC(F)(F)CC1. The van der Waals surface area contributed by atoms with Gasteiger partial charge in [-0.25, -0.2) is 18.3 Å². The Balaban J connectivity index is 1.41. The Kier molecular flexibility index (Phi) is 8.50. The number of aromatic nitrogens is 5. The fraction of sp³-hybridized carbons (Fsp3) is 0.621. The number of rotatable bonds is 10. The fourth-order valence-corrected chi connectivity index (χ4v) is 5.71. The average Bonchev–Trinajstić information content (AvgIpc) is 3.47. The van der Waals surface area contributed by atoms with Crippen molar-refractivity contribution in [1.29, 1.82) is 0 Å². The van der Waals surface area contributed by atoms with Crippen LogP contribution in [0.15, 0.2) is 30.7 Å². The Labute approximate surface area is 245 Å². The van der Waals surface area contributed by atoms with E-state index in [1.807, 2.05) is 13.8 Å². The van der Waals surface area contributed by atoms with Crippen molar-refractivity contribution in [3.63, 3.8) is 0 Å². The van der Waals surface area contributed by atoms with Gasteiger partial charge in [0, 0.05) is 31.5 Å². The number of amides is 2. The zero-order valence-corrected chi connectivity index (χ0v) is 24.2. The Morgan fingerprint density at radius 3 is 2.33 bits per heavy atom. The highest BCUT2D eigenvalue weighted by Crippen LogP contribution is 2.43. The first-order valence-electron chi connectivity index (χ1n) is 14.7. The molecule has 9 nitrogen and oxygen atoms in total. The van der Waals surface area contributed by atoms with Crippen LogP contribution in [0.2, 0.25) is 0 Å². The Morgan fingerprint density at radius 1 is 1.02 bits per heavy atom. The molecule has 234 valence electrons. The van der Waals surface area contributed by atoms with E-state index in [1.165, 1.54) is 10.7 Å². The van der Waals surface area contributed by atoms with Crippen LogP contribution in [0.1, 0.15) is 106 Å². The van der Waals surface area contributed by atoms with Gasteiger partial charge in [-0.2, -0.15) is 23.4 Å². The molecule has 3 heterocycles. The quantitative estimate of drug-likeness (QED) is 0.276. The van der Waals surface area contributed by atoms with Gasteiger partial charge in [-0.3, -0.25) is 14.3 Å². The summed E-state index contributed by atoms with van der Waals surface area (Å²) in [5.74, 6) is -5.83. The molecule has 43 heavy (non-hydrogen) atoms. The molecule has 2 aliphatic carbocycles. The number of carbonyl (C=O) groups is 2. The first kappa shape index (κ1) is 30.9. The minimum atomic E-state index is -4.46. The molecule has 0 radical (unpaired) electrons. The Bertz CT molecular complexity index is 1450. The summed E-state index contributed by atoms with van der Waals surface area (Å²) in [5.41, 5.74) is 1.81. The fourth-order valence-electron chi connectivity index (χ4n) is 5.71. The summed E-state index contributed by atoms with van der Waals surface area (Å²) in [4.78, 5) is 30.6. The Morgan fingerprint density at radius 2 is 1.70 bits per heavy atom. The largest absolute Gasteiger partial charge is 0.392 e. The van der Waals surface area contributed by atoms with Crippen molar-refractivity contribution in [2.75, 3.05) is 0 Å². The summed E-state index contributed by atoms with van der Waals surface area (Å²) in [6, 6.07) is 2.05. The molecule has 0 aliphatic heterocycles. The second-order valence-corrected chi connectivity index (χ2v) is 12.2. The normalized spacial score (nSPS) is 19.7. The molecule has 0 saturated heterocycles. The third-order valence-electron chi connectivity index (χ3n) is 8.41. The zero-order valence-electron chi connectivity index (χ0n) is 24.2. The van der Waals surface area contributed by atoms with E-state index in [0.717, 1.165) is 19.8 Å². The molecule has 1 unspecified atom stereocenters. The van der Waals surface area contributed by atoms with E-state index in [2.05, 4.69) is 20.8 Å². The van der Waals surface area contributed by atoms with Crippen molar-refractivity contribution in [2.24, 2.45) is 17.8 Å². The van der Waals surface area contributed by atoms with Gasteiger partial charge in [0.05, 0.1) is 36.1 Å². The number of nitrogens with one attached hydrogen (secondary N) is 2. The lowest BCUT2D eigenvalue weighted by Gasteiger charge is -2.33. The van der Waals surface area contributed by atoms with Crippen molar-refractivity contribution in [1.82, 2.24) is 35.0 Å². The lowest BCUT2D eigenvalue weighted by Crippen LogP contribution is -2.38. The average molecular weight is 610 g/mol. The summed E-state index contributed by atoms with van der Waals surface area (Å²) >= 11 is 0. The van der Waals surface area contributed by atoms with Gasteiger partial charge in [0.1, 0.15) is 5.69 Å². The number of hydrogen-bond donors (Lipinski definition) is 2. The van der Waals surface area contributed by atoms with E-state index >= 15 is 0 Å². The van der Waals surface area contributed by atoms with E-state index in [0.29, 0.717) is 22.6 Å². The lowest BCUT2D eigenvalue weighted by molar-refractivity contribution is -0.174. The molecule has 3 atom stereocenters. The number of fused-ring (bicyclic) bond motifs is 1. The maximum Gasteiger partial charge on any atom is 0.392 e. The van der Waals surface area contributed by atoms with Crippen LogP contribution in [0.3, 0.4) is 0 Å². The molecule has 0 aromatic carbocycles. The van der Waals surface area contributed by atoms with Gasteiger partial charge in [0.15, 0.2) is 5.65 Å². The highest BCUT2D eigenvalue weighted by Gasteiger charge is 2.41. The minimum absolute atomic E-state index is 0.0723. The second kappa shape index (κ2) is 11.8. The molecule has 0 spiro atoms. The molecule has 2 N–H and O–H groups in total.